The molecule has 0 aliphatic heterocycles. The summed E-state index contributed by atoms with van der Waals surface area (Å²) in [7, 11) is 1.59. The Morgan fingerprint density at radius 1 is 1.04 bits per heavy atom. The molecule has 26 heavy (non-hydrogen) atoms. The number of hydrogen-bond acceptors (Lipinski definition) is 4. The molecule has 3 aromatic carbocycles. The molecule has 0 aliphatic carbocycles. The molecule has 0 spiro atoms. The van der Waals surface area contributed by atoms with E-state index in [1.165, 1.54) is 6.21 Å². The molecule has 5 heteroatoms. The third-order valence-electron chi connectivity index (χ3n) is 4.16. The molecule has 0 saturated carbocycles. The second-order valence-electron chi connectivity index (χ2n) is 5.75. The minimum absolute atomic E-state index is 0.216. The lowest BCUT2D eigenvalue weighted by molar-refractivity contribution is 0.0929. The molecular formula is C21H16N2O3. The maximum absolute atomic E-state index is 12.3. The Bertz CT molecular complexity index is 1130. The Kier molecular flexibility index (Phi) is 4.11. The molecule has 128 valence electrons. The number of hydrazone groups is 1. The minimum Gasteiger partial charge on any atom is -0.496 e. The van der Waals surface area contributed by atoms with Crippen LogP contribution in [0.15, 0.2) is 76.2 Å². The number of nitrogens with zero attached hydrogens (tertiary/aromatic N) is 1. The smallest absolute Gasteiger partial charge is 0.307 e. The molecule has 0 fully saturated rings. The summed E-state index contributed by atoms with van der Waals surface area (Å²) in [4.78, 5) is 12.3. The van der Waals surface area contributed by atoms with Crippen LogP contribution in [0.2, 0.25) is 0 Å². The van der Waals surface area contributed by atoms with E-state index < -0.39 is 5.91 Å². The van der Waals surface area contributed by atoms with Gasteiger partial charge in [0.2, 0.25) is 0 Å². The molecule has 5 nitrogen and oxygen atoms in total. The molecule has 0 aliphatic rings. The first kappa shape index (κ1) is 15.9. The van der Waals surface area contributed by atoms with Crippen LogP contribution in [0.4, 0.5) is 0 Å². The van der Waals surface area contributed by atoms with Gasteiger partial charge in [0, 0.05) is 10.9 Å². The second-order valence-corrected chi connectivity index (χ2v) is 5.75. The van der Waals surface area contributed by atoms with Crippen LogP contribution < -0.4 is 10.2 Å². The van der Waals surface area contributed by atoms with Gasteiger partial charge in [-0.25, -0.2) is 5.43 Å². The van der Waals surface area contributed by atoms with Crippen LogP contribution in [0, 0.1) is 0 Å². The number of carbonyl (C=O) groups is 1. The Morgan fingerprint density at radius 2 is 1.85 bits per heavy atom. The maximum Gasteiger partial charge on any atom is 0.307 e. The summed E-state index contributed by atoms with van der Waals surface area (Å²) in [5, 5.41) is 7.04. The molecule has 0 saturated heterocycles. The number of benzene rings is 3. The topological polar surface area (TPSA) is 63.8 Å². The van der Waals surface area contributed by atoms with Gasteiger partial charge in [0.1, 0.15) is 11.3 Å². The van der Waals surface area contributed by atoms with Crippen molar-refractivity contribution < 1.29 is 13.9 Å². The quantitative estimate of drug-likeness (QED) is 0.442. The predicted molar refractivity (Wildman–Crippen MR) is 102 cm³/mol. The Labute approximate surface area is 149 Å². The zero-order chi connectivity index (χ0) is 17.9. The highest BCUT2D eigenvalue weighted by molar-refractivity contribution is 6.08. The molecule has 0 radical (unpaired) electrons. The SMILES string of the molecule is COc1ccccc1C=NNC(=O)c1cc2c(ccc3ccccc32)o1. The number of fused-ring (bicyclic) bond motifs is 3. The van der Waals surface area contributed by atoms with Crippen molar-refractivity contribution in [2.45, 2.75) is 0 Å². The number of carbonyl (C=O) groups excluding carboxylic acids is 1. The number of ether oxygens (including phenoxy) is 1. The second kappa shape index (κ2) is 6.72. The lowest BCUT2D eigenvalue weighted by atomic mass is 10.1. The Hall–Kier alpha value is -3.60. The largest absolute Gasteiger partial charge is 0.496 e. The number of para-hydroxylation sites is 1. The van der Waals surface area contributed by atoms with Gasteiger partial charge in [-0.05, 0) is 35.0 Å². The van der Waals surface area contributed by atoms with E-state index in [0.717, 1.165) is 21.7 Å². The minimum atomic E-state index is -0.406. The average Bonchev–Trinajstić information content (AvgIpc) is 3.13. The summed E-state index contributed by atoms with van der Waals surface area (Å²) >= 11 is 0. The van der Waals surface area contributed by atoms with Gasteiger partial charge in [0.15, 0.2) is 5.76 Å². The molecule has 1 heterocycles. The summed E-state index contributed by atoms with van der Waals surface area (Å²) in [6.45, 7) is 0. The van der Waals surface area contributed by atoms with Crippen LogP contribution in [-0.4, -0.2) is 19.2 Å². The fourth-order valence-electron chi connectivity index (χ4n) is 2.89. The van der Waals surface area contributed by atoms with Crippen LogP contribution in [-0.2, 0) is 0 Å². The van der Waals surface area contributed by atoms with E-state index in [2.05, 4.69) is 10.5 Å². The third kappa shape index (κ3) is 2.91. The summed E-state index contributed by atoms with van der Waals surface area (Å²) in [6, 6.07) is 21.0. The zero-order valence-electron chi connectivity index (χ0n) is 14.1. The zero-order valence-corrected chi connectivity index (χ0v) is 14.1. The fraction of sp³-hybridized carbons (Fsp3) is 0.0476. The van der Waals surface area contributed by atoms with Crippen LogP contribution in [0.25, 0.3) is 21.7 Å². The van der Waals surface area contributed by atoms with Crippen molar-refractivity contribution in [2.75, 3.05) is 7.11 Å². The number of amides is 1. The van der Waals surface area contributed by atoms with Crippen molar-refractivity contribution >= 4 is 33.9 Å². The lowest BCUT2D eigenvalue weighted by Crippen LogP contribution is -2.16. The number of furan rings is 1. The van der Waals surface area contributed by atoms with Crippen molar-refractivity contribution in [1.82, 2.24) is 5.43 Å². The van der Waals surface area contributed by atoms with E-state index in [1.54, 1.807) is 13.2 Å². The van der Waals surface area contributed by atoms with E-state index in [9.17, 15) is 4.79 Å². The van der Waals surface area contributed by atoms with Gasteiger partial charge in [0.25, 0.3) is 0 Å². The third-order valence-corrected chi connectivity index (χ3v) is 4.16. The first-order valence-corrected chi connectivity index (χ1v) is 8.14. The van der Waals surface area contributed by atoms with Gasteiger partial charge >= 0.3 is 5.91 Å². The highest BCUT2D eigenvalue weighted by Gasteiger charge is 2.13. The molecule has 1 amide bonds. The Balaban J connectivity index is 1.58. The first-order chi connectivity index (χ1) is 12.8. The lowest BCUT2D eigenvalue weighted by Gasteiger charge is -2.02. The molecular weight excluding hydrogens is 328 g/mol. The number of methoxy groups -OCH3 is 1. The standard InChI is InChI=1S/C21H16N2O3/c1-25-18-9-5-3-7-15(18)13-22-23-21(24)20-12-17-16-8-4-2-6-14(16)10-11-19(17)26-20/h2-13H,1H3,(H,23,24). The molecule has 1 aromatic heterocycles. The van der Waals surface area contributed by atoms with Crippen molar-refractivity contribution in [3.63, 3.8) is 0 Å². The highest BCUT2D eigenvalue weighted by atomic mass is 16.5. The van der Waals surface area contributed by atoms with E-state index >= 15 is 0 Å². The monoisotopic (exact) mass is 344 g/mol. The molecule has 4 aromatic rings. The summed E-state index contributed by atoms with van der Waals surface area (Å²) < 4.78 is 10.9. The van der Waals surface area contributed by atoms with Crippen molar-refractivity contribution in [1.29, 1.82) is 0 Å². The van der Waals surface area contributed by atoms with Gasteiger partial charge in [-0.15, -0.1) is 0 Å². The van der Waals surface area contributed by atoms with E-state index in [1.807, 2.05) is 60.7 Å². The number of nitrogens with one attached hydrogen (secondary N) is 1. The number of rotatable bonds is 4. The molecule has 1 N–H and O–H groups in total. The predicted octanol–water partition coefficient (Wildman–Crippen LogP) is 4.36. The van der Waals surface area contributed by atoms with E-state index in [0.29, 0.717) is 11.3 Å². The van der Waals surface area contributed by atoms with Gasteiger partial charge in [-0.1, -0.05) is 42.5 Å². The fourth-order valence-corrected chi connectivity index (χ4v) is 2.89. The first-order valence-electron chi connectivity index (χ1n) is 8.14. The van der Waals surface area contributed by atoms with Crippen LogP contribution in [0.3, 0.4) is 0 Å². The highest BCUT2D eigenvalue weighted by Crippen LogP contribution is 2.28. The van der Waals surface area contributed by atoms with Gasteiger partial charge in [-0.3, -0.25) is 4.79 Å². The molecule has 0 unspecified atom stereocenters. The summed E-state index contributed by atoms with van der Waals surface area (Å²) in [6.07, 6.45) is 1.54. The van der Waals surface area contributed by atoms with Gasteiger partial charge in [0.05, 0.1) is 13.3 Å². The van der Waals surface area contributed by atoms with Gasteiger partial charge in [-0.2, -0.15) is 5.10 Å². The number of hydrogen-bond donors (Lipinski definition) is 1. The molecule has 0 atom stereocenters. The Morgan fingerprint density at radius 3 is 2.73 bits per heavy atom. The van der Waals surface area contributed by atoms with Crippen molar-refractivity contribution in [3.05, 3.63) is 78.1 Å². The van der Waals surface area contributed by atoms with Crippen LogP contribution >= 0.6 is 0 Å². The van der Waals surface area contributed by atoms with E-state index in [4.69, 9.17) is 9.15 Å². The van der Waals surface area contributed by atoms with Crippen LogP contribution in [0.5, 0.6) is 5.75 Å². The molecule has 4 rings (SSSR count). The summed E-state index contributed by atoms with van der Waals surface area (Å²) in [5.41, 5.74) is 3.93. The normalized spacial score (nSPS) is 11.3. The van der Waals surface area contributed by atoms with Crippen molar-refractivity contribution in [3.8, 4) is 5.75 Å². The average molecular weight is 344 g/mol. The maximum atomic E-state index is 12.3. The van der Waals surface area contributed by atoms with Gasteiger partial charge < -0.3 is 9.15 Å². The molecule has 0 bridgehead atoms. The van der Waals surface area contributed by atoms with Crippen molar-refractivity contribution in [2.24, 2.45) is 5.10 Å². The van der Waals surface area contributed by atoms with Crippen LogP contribution in [0.1, 0.15) is 16.1 Å². The summed E-state index contributed by atoms with van der Waals surface area (Å²) in [5.74, 6) is 0.491. The van der Waals surface area contributed by atoms with E-state index in [-0.39, 0.29) is 5.76 Å².